The molecule has 35 heavy (non-hydrogen) atoms. The van der Waals surface area contributed by atoms with E-state index in [-0.39, 0.29) is 0 Å². The second-order valence-electron chi connectivity index (χ2n) is 8.11. The standard InChI is InChI=1S/C28H22N4O2S/c1-33-23-16-15-19-11-5-6-12-20(19)24(23)26-29-22-14-8-7-13-21(22)25-27(34-26)30-28(32-31-25)35-17-18-9-3-2-4-10-18/h2-16,26,29H,17H2,1H3/t26-/m1/s1. The molecule has 5 aromatic rings. The van der Waals surface area contributed by atoms with Crippen LogP contribution in [0, 0.1) is 0 Å². The van der Waals surface area contributed by atoms with Gasteiger partial charge in [-0.05, 0) is 28.5 Å². The normalized spacial score (nSPS) is 14.3. The Kier molecular flexibility index (Phi) is 5.68. The summed E-state index contributed by atoms with van der Waals surface area (Å²) in [4.78, 5) is 4.78. The first-order chi connectivity index (χ1) is 17.3. The lowest BCUT2D eigenvalue weighted by Gasteiger charge is -2.23. The summed E-state index contributed by atoms with van der Waals surface area (Å²) in [6, 6.07) is 30.4. The summed E-state index contributed by atoms with van der Waals surface area (Å²) >= 11 is 1.53. The Hall–Kier alpha value is -4.10. The molecule has 1 aliphatic heterocycles. The van der Waals surface area contributed by atoms with Crippen LogP contribution in [0.1, 0.15) is 17.4 Å². The third-order valence-electron chi connectivity index (χ3n) is 5.96. The first kappa shape index (κ1) is 21.4. The quantitative estimate of drug-likeness (QED) is 0.289. The Morgan fingerprint density at radius 3 is 2.57 bits per heavy atom. The van der Waals surface area contributed by atoms with Gasteiger partial charge in [0.15, 0.2) is 5.69 Å². The Balaban J connectivity index is 1.44. The Morgan fingerprint density at radius 2 is 1.69 bits per heavy atom. The van der Waals surface area contributed by atoms with Crippen LogP contribution in [-0.2, 0) is 5.75 Å². The van der Waals surface area contributed by atoms with Gasteiger partial charge >= 0.3 is 0 Å². The van der Waals surface area contributed by atoms with E-state index in [4.69, 9.17) is 14.5 Å². The topological polar surface area (TPSA) is 69.2 Å². The molecule has 1 aromatic heterocycles. The van der Waals surface area contributed by atoms with Crippen LogP contribution in [0.5, 0.6) is 11.6 Å². The number of para-hydroxylation sites is 1. The SMILES string of the molecule is COc1ccc2ccccc2c1[C@@H]1Nc2ccccc2-c2nnc(SCc3ccccc3)nc2O1. The molecule has 0 bridgehead atoms. The Labute approximate surface area is 207 Å². The molecule has 0 saturated heterocycles. The fraction of sp³-hybridized carbons (Fsp3) is 0.107. The van der Waals surface area contributed by atoms with Crippen molar-refractivity contribution < 1.29 is 9.47 Å². The summed E-state index contributed by atoms with van der Waals surface area (Å²) in [5, 5.41) is 15.2. The lowest BCUT2D eigenvalue weighted by atomic mass is 10.0. The third-order valence-corrected chi connectivity index (χ3v) is 6.87. The van der Waals surface area contributed by atoms with Crippen LogP contribution in [0.3, 0.4) is 0 Å². The minimum Gasteiger partial charge on any atom is -0.496 e. The number of fused-ring (bicyclic) bond motifs is 4. The van der Waals surface area contributed by atoms with E-state index in [1.54, 1.807) is 7.11 Å². The smallest absolute Gasteiger partial charge is 0.247 e. The zero-order valence-corrected chi connectivity index (χ0v) is 19.8. The Morgan fingerprint density at radius 1 is 0.886 bits per heavy atom. The van der Waals surface area contributed by atoms with Crippen LogP contribution in [0.2, 0.25) is 0 Å². The van der Waals surface area contributed by atoms with E-state index in [0.717, 1.165) is 39.1 Å². The van der Waals surface area contributed by atoms with Gasteiger partial charge in [-0.1, -0.05) is 90.6 Å². The van der Waals surface area contributed by atoms with Gasteiger partial charge in [-0.3, -0.25) is 0 Å². The van der Waals surface area contributed by atoms with Crippen LogP contribution >= 0.6 is 11.8 Å². The van der Waals surface area contributed by atoms with Gasteiger partial charge in [0, 0.05) is 17.0 Å². The van der Waals surface area contributed by atoms with E-state index in [1.165, 1.54) is 17.3 Å². The molecule has 4 aromatic carbocycles. The molecule has 172 valence electrons. The van der Waals surface area contributed by atoms with Gasteiger partial charge in [0.25, 0.3) is 0 Å². The van der Waals surface area contributed by atoms with E-state index in [0.29, 0.717) is 16.7 Å². The summed E-state index contributed by atoms with van der Waals surface area (Å²) in [7, 11) is 1.67. The van der Waals surface area contributed by atoms with E-state index in [1.807, 2.05) is 60.7 Å². The average Bonchev–Trinajstić information content (AvgIpc) is 3.08. The number of rotatable bonds is 5. The molecule has 2 heterocycles. The highest BCUT2D eigenvalue weighted by Gasteiger charge is 2.29. The van der Waals surface area contributed by atoms with Crippen molar-refractivity contribution in [2.75, 3.05) is 12.4 Å². The van der Waals surface area contributed by atoms with Gasteiger partial charge < -0.3 is 14.8 Å². The predicted octanol–water partition coefficient (Wildman–Crippen LogP) is 6.50. The number of hydrogen-bond acceptors (Lipinski definition) is 7. The van der Waals surface area contributed by atoms with Gasteiger partial charge in [0.1, 0.15) is 5.75 Å². The van der Waals surface area contributed by atoms with Crippen LogP contribution in [0.25, 0.3) is 22.0 Å². The fourth-order valence-corrected chi connectivity index (χ4v) is 5.02. The largest absolute Gasteiger partial charge is 0.496 e. The molecule has 0 fully saturated rings. The van der Waals surface area contributed by atoms with Crippen molar-refractivity contribution in [3.05, 3.63) is 102 Å². The number of nitrogens with zero attached hydrogens (tertiary/aromatic N) is 3. The average molecular weight is 479 g/mol. The van der Waals surface area contributed by atoms with Crippen LogP contribution in [-0.4, -0.2) is 22.3 Å². The number of hydrogen-bond donors (Lipinski definition) is 1. The lowest BCUT2D eigenvalue weighted by molar-refractivity contribution is 0.221. The summed E-state index contributed by atoms with van der Waals surface area (Å²) in [6.45, 7) is 0. The van der Waals surface area contributed by atoms with Crippen molar-refractivity contribution in [1.29, 1.82) is 0 Å². The second-order valence-corrected chi connectivity index (χ2v) is 9.06. The molecular formula is C28H22N4O2S. The highest BCUT2D eigenvalue weighted by Crippen LogP contribution is 2.43. The molecule has 0 amide bonds. The van der Waals surface area contributed by atoms with Crippen molar-refractivity contribution >= 4 is 28.2 Å². The van der Waals surface area contributed by atoms with Crippen molar-refractivity contribution in [1.82, 2.24) is 15.2 Å². The molecule has 1 atom stereocenters. The number of benzene rings is 4. The maximum absolute atomic E-state index is 6.55. The molecule has 0 spiro atoms. The van der Waals surface area contributed by atoms with Crippen LogP contribution in [0.15, 0.2) is 96.2 Å². The molecule has 1 N–H and O–H groups in total. The predicted molar refractivity (Wildman–Crippen MR) is 139 cm³/mol. The first-order valence-corrected chi connectivity index (χ1v) is 12.3. The van der Waals surface area contributed by atoms with Gasteiger partial charge in [-0.25, -0.2) is 0 Å². The molecule has 1 aliphatic rings. The molecule has 0 saturated carbocycles. The maximum atomic E-state index is 6.55. The number of thioether (sulfide) groups is 1. The van der Waals surface area contributed by atoms with E-state index in [2.05, 4.69) is 45.8 Å². The van der Waals surface area contributed by atoms with Crippen molar-refractivity contribution in [3.8, 4) is 22.9 Å². The zero-order valence-electron chi connectivity index (χ0n) is 19.0. The monoisotopic (exact) mass is 478 g/mol. The Bertz CT molecular complexity index is 1510. The van der Waals surface area contributed by atoms with E-state index in [9.17, 15) is 0 Å². The fourth-order valence-electron chi connectivity index (χ4n) is 4.29. The molecular weight excluding hydrogens is 456 g/mol. The van der Waals surface area contributed by atoms with Crippen molar-refractivity contribution in [2.24, 2.45) is 0 Å². The first-order valence-electron chi connectivity index (χ1n) is 11.3. The summed E-state index contributed by atoms with van der Waals surface area (Å²) < 4.78 is 12.3. The lowest BCUT2D eigenvalue weighted by Crippen LogP contribution is -2.18. The van der Waals surface area contributed by atoms with Crippen molar-refractivity contribution in [2.45, 2.75) is 17.1 Å². The number of methoxy groups -OCH3 is 1. The highest BCUT2D eigenvalue weighted by atomic mass is 32.2. The minimum atomic E-state index is -0.540. The van der Waals surface area contributed by atoms with E-state index >= 15 is 0 Å². The maximum Gasteiger partial charge on any atom is 0.247 e. The summed E-state index contributed by atoms with van der Waals surface area (Å²) in [6.07, 6.45) is -0.540. The molecule has 6 nitrogen and oxygen atoms in total. The number of ether oxygens (including phenoxy) is 2. The van der Waals surface area contributed by atoms with Gasteiger partial charge in [-0.2, -0.15) is 4.98 Å². The second kappa shape index (κ2) is 9.27. The van der Waals surface area contributed by atoms with Crippen LogP contribution in [0.4, 0.5) is 5.69 Å². The van der Waals surface area contributed by atoms with Gasteiger partial charge in [0.2, 0.25) is 17.3 Å². The zero-order chi connectivity index (χ0) is 23.6. The number of nitrogens with one attached hydrogen (secondary N) is 1. The van der Waals surface area contributed by atoms with Gasteiger partial charge in [0.05, 0.1) is 12.7 Å². The van der Waals surface area contributed by atoms with E-state index < -0.39 is 6.23 Å². The van der Waals surface area contributed by atoms with Crippen molar-refractivity contribution in [3.63, 3.8) is 0 Å². The number of anilines is 1. The number of aromatic nitrogens is 3. The highest BCUT2D eigenvalue weighted by molar-refractivity contribution is 7.98. The van der Waals surface area contributed by atoms with Crippen LogP contribution < -0.4 is 14.8 Å². The molecule has 7 heteroatoms. The molecule has 6 rings (SSSR count). The molecule has 0 aliphatic carbocycles. The van der Waals surface area contributed by atoms with Gasteiger partial charge in [-0.15, -0.1) is 10.2 Å². The minimum absolute atomic E-state index is 0.438. The third kappa shape index (κ3) is 4.15. The summed E-state index contributed by atoms with van der Waals surface area (Å²) in [5.41, 5.74) is 4.50. The molecule has 0 radical (unpaired) electrons. The summed E-state index contributed by atoms with van der Waals surface area (Å²) in [5.74, 6) is 1.92. The molecule has 0 unspecified atom stereocenters.